The Hall–Kier alpha value is -1.95. The maximum Gasteiger partial charge on any atom is 0.257 e. The summed E-state index contributed by atoms with van der Waals surface area (Å²) in [5.74, 6) is 0.788. The second-order valence-electron chi connectivity index (χ2n) is 4.02. The second-order valence-corrected chi connectivity index (χ2v) is 4.94. The molecule has 0 aliphatic heterocycles. The van der Waals surface area contributed by atoms with Crippen molar-refractivity contribution >= 4 is 28.5 Å². The lowest BCUT2D eigenvalue weighted by molar-refractivity contribution is 0.489. The predicted molar refractivity (Wildman–Crippen MR) is 71.2 cm³/mol. The SMILES string of the molecule is Cn1cc(CSc2nc3cc(N)ccc3o2)cn1. The van der Waals surface area contributed by atoms with Crippen molar-refractivity contribution in [1.82, 2.24) is 14.8 Å². The molecule has 3 rings (SSSR count). The number of oxazole rings is 1. The number of hydrogen-bond donors (Lipinski definition) is 1. The Balaban J connectivity index is 1.78. The van der Waals surface area contributed by atoms with E-state index in [4.69, 9.17) is 10.2 Å². The largest absolute Gasteiger partial charge is 0.431 e. The molecular formula is C12H12N4OS. The molecule has 3 aromatic rings. The van der Waals surface area contributed by atoms with Gasteiger partial charge < -0.3 is 10.2 Å². The maximum atomic E-state index is 5.70. The van der Waals surface area contributed by atoms with Crippen LogP contribution in [0.2, 0.25) is 0 Å². The van der Waals surface area contributed by atoms with E-state index in [-0.39, 0.29) is 0 Å². The van der Waals surface area contributed by atoms with Crippen LogP contribution in [0.5, 0.6) is 0 Å². The van der Waals surface area contributed by atoms with E-state index in [0.29, 0.717) is 10.9 Å². The Morgan fingerprint density at radius 1 is 1.44 bits per heavy atom. The van der Waals surface area contributed by atoms with Gasteiger partial charge >= 0.3 is 0 Å². The number of benzene rings is 1. The lowest BCUT2D eigenvalue weighted by Gasteiger charge is -1.91. The summed E-state index contributed by atoms with van der Waals surface area (Å²) in [6.45, 7) is 0. The van der Waals surface area contributed by atoms with Gasteiger partial charge in [0.25, 0.3) is 5.22 Å². The Bertz CT molecular complexity index is 688. The highest BCUT2D eigenvalue weighted by Gasteiger charge is 2.07. The van der Waals surface area contributed by atoms with Gasteiger partial charge in [0.2, 0.25) is 0 Å². The van der Waals surface area contributed by atoms with Gasteiger partial charge in [0.15, 0.2) is 5.58 Å². The van der Waals surface area contributed by atoms with Crippen LogP contribution in [0, 0.1) is 0 Å². The number of anilines is 1. The van der Waals surface area contributed by atoms with E-state index >= 15 is 0 Å². The quantitative estimate of drug-likeness (QED) is 0.578. The smallest absolute Gasteiger partial charge is 0.257 e. The number of nitrogen functional groups attached to an aromatic ring is 1. The molecule has 0 aliphatic carbocycles. The molecule has 2 N–H and O–H groups in total. The normalized spacial score (nSPS) is 11.2. The first-order valence-electron chi connectivity index (χ1n) is 5.47. The van der Waals surface area contributed by atoms with Crippen LogP contribution in [0.25, 0.3) is 11.1 Å². The van der Waals surface area contributed by atoms with Crippen LogP contribution in [0.4, 0.5) is 5.69 Å². The van der Waals surface area contributed by atoms with Gasteiger partial charge in [-0.1, -0.05) is 11.8 Å². The van der Waals surface area contributed by atoms with E-state index < -0.39 is 0 Å². The first-order chi connectivity index (χ1) is 8.70. The molecule has 0 bridgehead atoms. The molecule has 0 fully saturated rings. The minimum absolute atomic E-state index is 0.652. The Kier molecular flexibility index (Phi) is 2.71. The van der Waals surface area contributed by atoms with Crippen LogP contribution in [0.1, 0.15) is 5.56 Å². The summed E-state index contributed by atoms with van der Waals surface area (Å²) >= 11 is 1.55. The Morgan fingerprint density at radius 2 is 2.33 bits per heavy atom. The molecular weight excluding hydrogens is 248 g/mol. The molecule has 1 aromatic carbocycles. The van der Waals surface area contributed by atoms with Gasteiger partial charge in [0, 0.05) is 30.2 Å². The van der Waals surface area contributed by atoms with Crippen LogP contribution in [0.3, 0.4) is 0 Å². The number of hydrogen-bond acceptors (Lipinski definition) is 5. The molecule has 0 atom stereocenters. The molecule has 0 aliphatic rings. The topological polar surface area (TPSA) is 69.9 Å². The molecule has 0 amide bonds. The zero-order valence-electron chi connectivity index (χ0n) is 9.83. The highest BCUT2D eigenvalue weighted by molar-refractivity contribution is 7.98. The average Bonchev–Trinajstić information content (AvgIpc) is 2.92. The van der Waals surface area contributed by atoms with Gasteiger partial charge in [0.1, 0.15) is 5.52 Å². The van der Waals surface area contributed by atoms with Crippen molar-refractivity contribution in [3.63, 3.8) is 0 Å². The third-order valence-electron chi connectivity index (χ3n) is 2.51. The first-order valence-corrected chi connectivity index (χ1v) is 6.46. The third kappa shape index (κ3) is 2.19. The van der Waals surface area contributed by atoms with Gasteiger partial charge in [-0.2, -0.15) is 5.10 Å². The second kappa shape index (κ2) is 4.38. The summed E-state index contributed by atoms with van der Waals surface area (Å²) in [6.07, 6.45) is 3.82. The van der Waals surface area contributed by atoms with E-state index in [2.05, 4.69) is 10.1 Å². The molecule has 0 radical (unpaired) electrons. The monoisotopic (exact) mass is 260 g/mol. The summed E-state index contributed by atoms with van der Waals surface area (Å²) in [4.78, 5) is 4.38. The van der Waals surface area contributed by atoms with E-state index in [1.807, 2.05) is 37.6 Å². The van der Waals surface area contributed by atoms with E-state index in [1.165, 1.54) is 0 Å². The van der Waals surface area contributed by atoms with Gasteiger partial charge in [0.05, 0.1) is 6.20 Å². The van der Waals surface area contributed by atoms with E-state index in [9.17, 15) is 0 Å². The first kappa shape index (κ1) is 11.2. The molecule has 0 saturated heterocycles. The van der Waals surface area contributed by atoms with Crippen LogP contribution in [0.15, 0.2) is 40.2 Å². The average molecular weight is 260 g/mol. The minimum Gasteiger partial charge on any atom is -0.431 e. The van der Waals surface area contributed by atoms with Gasteiger partial charge in [-0.3, -0.25) is 4.68 Å². The summed E-state index contributed by atoms with van der Waals surface area (Å²) < 4.78 is 7.40. The highest BCUT2D eigenvalue weighted by atomic mass is 32.2. The number of fused-ring (bicyclic) bond motifs is 1. The minimum atomic E-state index is 0.652. The lowest BCUT2D eigenvalue weighted by Crippen LogP contribution is -1.84. The summed E-state index contributed by atoms with van der Waals surface area (Å²) in [5.41, 5.74) is 9.10. The van der Waals surface area contributed by atoms with Crippen molar-refractivity contribution in [2.45, 2.75) is 11.0 Å². The fraction of sp³-hybridized carbons (Fsp3) is 0.167. The standard InChI is InChI=1S/C12H12N4OS/c1-16-6-8(5-14-16)7-18-12-15-10-4-9(13)2-3-11(10)17-12/h2-6H,7,13H2,1H3. The predicted octanol–water partition coefficient (Wildman–Crippen LogP) is 2.44. The van der Waals surface area contributed by atoms with E-state index in [1.54, 1.807) is 16.4 Å². The zero-order chi connectivity index (χ0) is 12.5. The number of thioether (sulfide) groups is 1. The zero-order valence-corrected chi connectivity index (χ0v) is 10.6. The molecule has 18 heavy (non-hydrogen) atoms. The highest BCUT2D eigenvalue weighted by Crippen LogP contribution is 2.26. The Labute approximate surface area is 108 Å². The fourth-order valence-corrected chi connectivity index (χ4v) is 2.43. The van der Waals surface area contributed by atoms with Crippen molar-refractivity contribution < 1.29 is 4.42 Å². The number of rotatable bonds is 3. The Morgan fingerprint density at radius 3 is 3.11 bits per heavy atom. The molecule has 5 nitrogen and oxygen atoms in total. The van der Waals surface area contributed by atoms with Crippen molar-refractivity contribution in [2.24, 2.45) is 7.05 Å². The lowest BCUT2D eigenvalue weighted by atomic mass is 10.3. The van der Waals surface area contributed by atoms with Gasteiger partial charge in [-0.05, 0) is 18.2 Å². The van der Waals surface area contributed by atoms with Crippen molar-refractivity contribution in [2.75, 3.05) is 5.73 Å². The van der Waals surface area contributed by atoms with Crippen LogP contribution in [-0.2, 0) is 12.8 Å². The fourth-order valence-electron chi connectivity index (χ4n) is 1.68. The summed E-state index contributed by atoms with van der Waals surface area (Å²) in [5, 5.41) is 4.77. The summed E-state index contributed by atoms with van der Waals surface area (Å²) in [7, 11) is 1.90. The molecule has 2 aromatic heterocycles. The van der Waals surface area contributed by atoms with Crippen LogP contribution in [-0.4, -0.2) is 14.8 Å². The number of nitrogens with two attached hydrogens (primary N) is 1. The van der Waals surface area contributed by atoms with Crippen LogP contribution >= 0.6 is 11.8 Å². The number of aromatic nitrogens is 3. The van der Waals surface area contributed by atoms with Crippen molar-refractivity contribution in [3.05, 3.63) is 36.2 Å². The van der Waals surface area contributed by atoms with Crippen molar-refractivity contribution in [3.8, 4) is 0 Å². The molecule has 6 heteroatoms. The van der Waals surface area contributed by atoms with E-state index in [0.717, 1.165) is 22.4 Å². The molecule has 0 unspecified atom stereocenters. The van der Waals surface area contributed by atoms with Crippen molar-refractivity contribution in [1.29, 1.82) is 0 Å². The number of aryl methyl sites for hydroxylation is 1. The molecule has 0 spiro atoms. The maximum absolute atomic E-state index is 5.70. The number of nitrogens with zero attached hydrogens (tertiary/aromatic N) is 3. The molecule has 92 valence electrons. The molecule has 0 saturated carbocycles. The van der Waals surface area contributed by atoms with Crippen LogP contribution < -0.4 is 5.73 Å². The molecule has 2 heterocycles. The van der Waals surface area contributed by atoms with Gasteiger partial charge in [-0.15, -0.1) is 0 Å². The summed E-state index contributed by atoms with van der Waals surface area (Å²) in [6, 6.07) is 5.46. The van der Waals surface area contributed by atoms with Gasteiger partial charge in [-0.25, -0.2) is 4.98 Å². The third-order valence-corrected chi connectivity index (χ3v) is 3.41.